The average Bonchev–Trinajstić information content (AvgIpc) is 3.39. The minimum atomic E-state index is 0.0715. The Balaban J connectivity index is 0.000000195. The zero-order valence-electron chi connectivity index (χ0n) is 21.5. The third kappa shape index (κ3) is 5.51. The highest BCUT2D eigenvalue weighted by molar-refractivity contribution is 6.07. The molecule has 4 heterocycles. The molecule has 0 radical (unpaired) electrons. The van der Waals surface area contributed by atoms with E-state index in [9.17, 15) is 4.79 Å². The molecule has 1 unspecified atom stereocenters. The number of carbonyl (C=O) groups excluding carboxylic acids is 1. The predicted molar refractivity (Wildman–Crippen MR) is 146 cm³/mol. The third-order valence-corrected chi connectivity index (χ3v) is 6.83. The normalized spacial score (nSPS) is 18.5. The molecule has 2 saturated heterocycles. The van der Waals surface area contributed by atoms with E-state index in [1.807, 2.05) is 41.4 Å². The van der Waals surface area contributed by atoms with Crippen molar-refractivity contribution in [1.29, 1.82) is 0 Å². The van der Waals surface area contributed by atoms with Gasteiger partial charge < -0.3 is 24.6 Å². The Kier molecular flexibility index (Phi) is 7.79. The van der Waals surface area contributed by atoms with E-state index in [1.165, 1.54) is 0 Å². The van der Waals surface area contributed by atoms with Gasteiger partial charge in [-0.2, -0.15) is 0 Å². The highest BCUT2D eigenvalue weighted by atomic mass is 16.5. The Labute approximate surface area is 217 Å². The molecule has 1 aromatic heterocycles. The van der Waals surface area contributed by atoms with E-state index in [1.54, 1.807) is 19.5 Å². The van der Waals surface area contributed by atoms with Gasteiger partial charge in [0.25, 0.3) is 5.91 Å². The fraction of sp³-hybridized carbons (Fsp3) is 0.429. The molecule has 0 aliphatic carbocycles. The van der Waals surface area contributed by atoms with E-state index in [0.29, 0.717) is 17.9 Å². The van der Waals surface area contributed by atoms with Crippen LogP contribution in [0, 0.1) is 0 Å². The summed E-state index contributed by atoms with van der Waals surface area (Å²) in [6, 6.07) is 9.77. The van der Waals surface area contributed by atoms with Crippen molar-refractivity contribution >= 4 is 34.5 Å². The van der Waals surface area contributed by atoms with Crippen LogP contribution in [0.2, 0.25) is 0 Å². The lowest BCUT2D eigenvalue weighted by molar-refractivity contribution is 0.0775. The van der Waals surface area contributed by atoms with E-state index in [-0.39, 0.29) is 11.9 Å². The summed E-state index contributed by atoms with van der Waals surface area (Å²) < 4.78 is 11.3. The zero-order chi connectivity index (χ0) is 25.6. The van der Waals surface area contributed by atoms with Gasteiger partial charge in [0, 0.05) is 51.3 Å². The Morgan fingerprint density at radius 2 is 1.78 bits per heavy atom. The molecule has 1 N–H and O–H groups in total. The number of benzene rings is 2. The van der Waals surface area contributed by atoms with Crippen LogP contribution < -0.4 is 19.7 Å². The van der Waals surface area contributed by atoms with Gasteiger partial charge in [-0.05, 0) is 60.4 Å². The molecule has 2 aromatic carbocycles. The van der Waals surface area contributed by atoms with Crippen molar-refractivity contribution in [2.45, 2.75) is 32.2 Å². The number of aliphatic imine (C=N–C) groups is 1. The minimum Gasteiger partial charge on any atom is -0.493 e. The van der Waals surface area contributed by atoms with Gasteiger partial charge >= 0.3 is 0 Å². The quantitative estimate of drug-likeness (QED) is 0.567. The number of nitrogens with zero attached hydrogens (tertiary/aromatic N) is 5. The summed E-state index contributed by atoms with van der Waals surface area (Å²) in [4.78, 5) is 30.0. The Hall–Kier alpha value is -3.72. The number of aromatic nitrogens is 2. The van der Waals surface area contributed by atoms with Crippen LogP contribution in [0.4, 0.5) is 11.6 Å². The lowest BCUT2D eigenvalue weighted by Gasteiger charge is -2.26. The highest BCUT2D eigenvalue weighted by Gasteiger charge is 2.31. The molecule has 0 spiro atoms. The summed E-state index contributed by atoms with van der Waals surface area (Å²) in [5.41, 5.74) is 1.40. The number of fused-ring (bicyclic) bond motifs is 3. The number of methoxy groups -OCH3 is 1. The lowest BCUT2D eigenvalue weighted by atomic mass is 10.0. The van der Waals surface area contributed by atoms with E-state index >= 15 is 0 Å². The van der Waals surface area contributed by atoms with Gasteiger partial charge in [-0.1, -0.05) is 6.92 Å². The van der Waals surface area contributed by atoms with Gasteiger partial charge in [0.15, 0.2) is 11.5 Å². The number of anilines is 1. The molecular weight excluding hydrogens is 468 g/mol. The van der Waals surface area contributed by atoms with Crippen LogP contribution >= 0.6 is 0 Å². The van der Waals surface area contributed by atoms with Crippen LogP contribution in [0.15, 0.2) is 47.7 Å². The Bertz CT molecular complexity index is 1260. The number of ether oxygens (including phenoxy) is 2. The largest absolute Gasteiger partial charge is 0.493 e. The van der Waals surface area contributed by atoms with Crippen LogP contribution in [0.25, 0.3) is 10.8 Å². The van der Waals surface area contributed by atoms with Crippen LogP contribution in [0.5, 0.6) is 11.5 Å². The summed E-state index contributed by atoms with van der Waals surface area (Å²) >= 11 is 0. The van der Waals surface area contributed by atoms with Gasteiger partial charge in [-0.15, -0.1) is 0 Å². The molecule has 37 heavy (non-hydrogen) atoms. The zero-order valence-corrected chi connectivity index (χ0v) is 21.5. The maximum Gasteiger partial charge on any atom is 0.256 e. The van der Waals surface area contributed by atoms with Gasteiger partial charge in [-0.25, -0.2) is 9.97 Å². The monoisotopic (exact) mass is 502 g/mol. The van der Waals surface area contributed by atoms with Crippen molar-refractivity contribution in [1.82, 2.24) is 20.2 Å². The summed E-state index contributed by atoms with van der Waals surface area (Å²) in [6.45, 7) is 7.57. The standard InChI is InChI=1S/C20H22N2O3.C8H12N4/c1-3-7-25-19-11-14-9-17-16(8-13(14)10-18(19)24-2)20(23)22-6-4-5-15(22)12-21-17;1-2-10-8(11-3-1)12-6-4-9-5-7-12/h8-12,15H,3-7H2,1-2H3;1-3,9H,4-7H2. The van der Waals surface area contributed by atoms with Crippen molar-refractivity contribution in [3.8, 4) is 11.5 Å². The second-order valence-corrected chi connectivity index (χ2v) is 9.34. The first-order valence-corrected chi connectivity index (χ1v) is 13.0. The molecule has 3 aliphatic heterocycles. The van der Waals surface area contributed by atoms with Crippen molar-refractivity contribution in [3.63, 3.8) is 0 Å². The SMILES string of the molecule is CCCOc1cc2cc3c(cc2cc1OC)C(=O)N1CCCC1C=N3.c1cnc(N2CCNCC2)nc1. The van der Waals surface area contributed by atoms with Gasteiger partial charge in [-0.3, -0.25) is 9.79 Å². The number of amides is 1. The fourth-order valence-electron chi connectivity index (χ4n) is 4.90. The minimum absolute atomic E-state index is 0.0715. The topological polar surface area (TPSA) is 92.2 Å². The molecule has 6 rings (SSSR count). The molecule has 3 aromatic rings. The second kappa shape index (κ2) is 11.6. The van der Waals surface area contributed by atoms with Gasteiger partial charge in [0.2, 0.25) is 5.95 Å². The molecule has 9 heteroatoms. The molecule has 9 nitrogen and oxygen atoms in total. The van der Waals surface area contributed by atoms with Crippen molar-refractivity contribution in [2.24, 2.45) is 4.99 Å². The predicted octanol–water partition coefficient (Wildman–Crippen LogP) is 3.84. The highest BCUT2D eigenvalue weighted by Crippen LogP contribution is 2.37. The Morgan fingerprint density at radius 3 is 2.54 bits per heavy atom. The fourth-order valence-corrected chi connectivity index (χ4v) is 4.90. The maximum atomic E-state index is 12.9. The van der Waals surface area contributed by atoms with Crippen LogP contribution in [0.3, 0.4) is 0 Å². The second-order valence-electron chi connectivity index (χ2n) is 9.34. The average molecular weight is 503 g/mol. The summed E-state index contributed by atoms with van der Waals surface area (Å²) in [5.74, 6) is 2.33. The van der Waals surface area contributed by atoms with E-state index in [0.717, 1.165) is 80.1 Å². The first kappa shape index (κ1) is 25.0. The Morgan fingerprint density at radius 1 is 1.03 bits per heavy atom. The number of nitrogens with one attached hydrogen (secondary N) is 1. The summed E-state index contributed by atoms with van der Waals surface area (Å²) in [7, 11) is 1.63. The summed E-state index contributed by atoms with van der Waals surface area (Å²) in [5, 5.41) is 5.24. The lowest BCUT2D eigenvalue weighted by Crippen LogP contribution is -2.44. The smallest absolute Gasteiger partial charge is 0.256 e. The number of rotatable bonds is 5. The van der Waals surface area contributed by atoms with Crippen LogP contribution in [0.1, 0.15) is 36.5 Å². The number of carbonyl (C=O) groups is 1. The molecule has 2 fully saturated rings. The molecule has 1 atom stereocenters. The molecule has 0 saturated carbocycles. The van der Waals surface area contributed by atoms with Crippen LogP contribution in [-0.2, 0) is 0 Å². The van der Waals surface area contributed by atoms with E-state index in [2.05, 4.69) is 32.1 Å². The molecule has 0 bridgehead atoms. The first-order valence-electron chi connectivity index (χ1n) is 13.0. The van der Waals surface area contributed by atoms with E-state index in [4.69, 9.17) is 9.47 Å². The van der Waals surface area contributed by atoms with Gasteiger partial charge in [0.05, 0.1) is 31.0 Å². The van der Waals surface area contributed by atoms with Crippen molar-refractivity contribution in [2.75, 3.05) is 51.3 Å². The first-order chi connectivity index (χ1) is 18.2. The molecular formula is C28H34N6O3. The van der Waals surface area contributed by atoms with Crippen LogP contribution in [-0.4, -0.2) is 79.5 Å². The number of piperazine rings is 1. The number of hydrogen-bond acceptors (Lipinski definition) is 8. The third-order valence-electron chi connectivity index (χ3n) is 6.83. The summed E-state index contributed by atoms with van der Waals surface area (Å²) in [6.07, 6.45) is 8.44. The number of hydrogen-bond donors (Lipinski definition) is 1. The van der Waals surface area contributed by atoms with Crippen molar-refractivity contribution < 1.29 is 14.3 Å². The maximum absolute atomic E-state index is 12.9. The molecule has 194 valence electrons. The van der Waals surface area contributed by atoms with E-state index < -0.39 is 0 Å². The van der Waals surface area contributed by atoms with Crippen molar-refractivity contribution in [3.05, 3.63) is 48.3 Å². The molecule has 1 amide bonds. The van der Waals surface area contributed by atoms with Gasteiger partial charge in [0.1, 0.15) is 0 Å². The molecule has 3 aliphatic rings.